The van der Waals surface area contributed by atoms with Gasteiger partial charge in [0.1, 0.15) is 11.6 Å². The monoisotopic (exact) mass is 465 g/mol. The van der Waals surface area contributed by atoms with Crippen molar-refractivity contribution in [3.8, 4) is 5.75 Å². The highest BCUT2D eigenvalue weighted by molar-refractivity contribution is 14.0. The van der Waals surface area contributed by atoms with Crippen LogP contribution in [0.4, 0.5) is 4.39 Å². The molecule has 140 valence electrons. The summed E-state index contributed by atoms with van der Waals surface area (Å²) in [5, 5.41) is 6.56. The molecule has 1 aromatic rings. The first kappa shape index (κ1) is 20.2. The Morgan fingerprint density at radius 3 is 2.96 bits per heavy atom. The number of benzene rings is 1. The summed E-state index contributed by atoms with van der Waals surface area (Å²) in [5.74, 6) is 1.76. The van der Waals surface area contributed by atoms with Crippen LogP contribution in [0.2, 0.25) is 0 Å². The van der Waals surface area contributed by atoms with Gasteiger partial charge < -0.3 is 24.8 Å². The van der Waals surface area contributed by atoms with E-state index in [9.17, 15) is 4.39 Å². The topological polar surface area (TPSA) is 64.1 Å². The Morgan fingerprint density at radius 2 is 2.20 bits per heavy atom. The molecule has 0 spiro atoms. The van der Waals surface area contributed by atoms with Gasteiger partial charge in [-0.1, -0.05) is 0 Å². The van der Waals surface area contributed by atoms with Gasteiger partial charge in [-0.15, -0.1) is 24.0 Å². The summed E-state index contributed by atoms with van der Waals surface area (Å²) < 4.78 is 29.8. The molecule has 0 aromatic heterocycles. The van der Waals surface area contributed by atoms with Gasteiger partial charge in [0.2, 0.25) is 0 Å². The molecule has 0 saturated carbocycles. The van der Waals surface area contributed by atoms with Crippen molar-refractivity contribution in [1.29, 1.82) is 0 Å². The van der Waals surface area contributed by atoms with Gasteiger partial charge in [-0.05, 0) is 30.5 Å². The van der Waals surface area contributed by atoms with E-state index >= 15 is 0 Å². The molecule has 2 N–H and O–H groups in total. The van der Waals surface area contributed by atoms with Gasteiger partial charge in [-0.2, -0.15) is 0 Å². The number of nitrogens with one attached hydrogen (secondary N) is 2. The molecule has 2 heterocycles. The number of nitrogens with zero attached hydrogens (tertiary/aromatic N) is 1. The molecule has 2 aliphatic rings. The van der Waals surface area contributed by atoms with E-state index in [0.717, 1.165) is 49.0 Å². The van der Waals surface area contributed by atoms with E-state index < -0.39 is 0 Å². The van der Waals surface area contributed by atoms with Crippen molar-refractivity contribution in [1.82, 2.24) is 10.6 Å². The Bertz CT molecular complexity index is 595. The molecule has 0 aliphatic carbocycles. The molecule has 1 saturated heterocycles. The minimum atomic E-state index is -0.262. The molecular formula is C17H25FIN3O3. The summed E-state index contributed by atoms with van der Waals surface area (Å²) >= 11 is 0. The summed E-state index contributed by atoms with van der Waals surface area (Å²) in [4.78, 5) is 4.21. The minimum absolute atomic E-state index is 0. The molecule has 1 atom stereocenters. The fourth-order valence-corrected chi connectivity index (χ4v) is 2.96. The molecule has 1 aromatic carbocycles. The smallest absolute Gasteiger partial charge is 0.190 e. The Kier molecular flexibility index (Phi) is 8.17. The van der Waals surface area contributed by atoms with Crippen molar-refractivity contribution in [2.24, 2.45) is 10.9 Å². The van der Waals surface area contributed by atoms with Gasteiger partial charge in [-0.3, -0.25) is 4.99 Å². The molecule has 0 amide bonds. The summed E-state index contributed by atoms with van der Waals surface area (Å²) in [6, 6.07) is 2.99. The van der Waals surface area contributed by atoms with Crippen LogP contribution in [0.15, 0.2) is 17.1 Å². The van der Waals surface area contributed by atoms with Crippen LogP contribution in [0.1, 0.15) is 17.5 Å². The number of ether oxygens (including phenoxy) is 3. The molecule has 25 heavy (non-hydrogen) atoms. The van der Waals surface area contributed by atoms with E-state index in [1.54, 1.807) is 7.05 Å². The number of aliphatic imine (C=N–C) groups is 1. The van der Waals surface area contributed by atoms with Crippen molar-refractivity contribution in [3.63, 3.8) is 0 Å². The van der Waals surface area contributed by atoms with Crippen LogP contribution >= 0.6 is 24.0 Å². The van der Waals surface area contributed by atoms with Crippen molar-refractivity contribution >= 4 is 29.9 Å². The lowest BCUT2D eigenvalue weighted by Gasteiger charge is -2.21. The lowest BCUT2D eigenvalue weighted by Crippen LogP contribution is -2.40. The highest BCUT2D eigenvalue weighted by atomic mass is 127. The van der Waals surface area contributed by atoms with Crippen LogP contribution in [-0.4, -0.2) is 46.1 Å². The van der Waals surface area contributed by atoms with E-state index in [-0.39, 0.29) is 36.6 Å². The van der Waals surface area contributed by atoms with Gasteiger partial charge in [0.15, 0.2) is 12.8 Å². The lowest BCUT2D eigenvalue weighted by atomic mass is 10.1. The second kappa shape index (κ2) is 10.1. The quantitative estimate of drug-likeness (QED) is 0.396. The van der Waals surface area contributed by atoms with Crippen LogP contribution in [0.25, 0.3) is 0 Å². The van der Waals surface area contributed by atoms with Gasteiger partial charge >= 0.3 is 0 Å². The zero-order valence-electron chi connectivity index (χ0n) is 14.3. The lowest BCUT2D eigenvalue weighted by molar-refractivity contribution is -0.0172. The second-order valence-electron chi connectivity index (χ2n) is 6.02. The average molecular weight is 465 g/mol. The first-order chi connectivity index (χ1) is 11.8. The number of hydrogen-bond acceptors (Lipinski definition) is 4. The number of halogens is 2. The molecule has 0 bridgehead atoms. The number of guanidine groups is 1. The van der Waals surface area contributed by atoms with Gasteiger partial charge in [-0.25, -0.2) is 4.39 Å². The predicted octanol–water partition coefficient (Wildman–Crippen LogP) is 2.05. The molecule has 1 unspecified atom stereocenters. The average Bonchev–Trinajstić information content (AvgIpc) is 3.11. The fourth-order valence-electron chi connectivity index (χ4n) is 2.96. The maximum absolute atomic E-state index is 13.7. The van der Waals surface area contributed by atoms with E-state index in [0.29, 0.717) is 25.5 Å². The molecule has 3 rings (SSSR count). The van der Waals surface area contributed by atoms with Crippen molar-refractivity contribution in [3.05, 3.63) is 29.1 Å². The SMILES string of the molecule is CN=C(NCCc1cc(F)cc2c1OCOC2)NCC1CCOC1.I. The molecular weight excluding hydrogens is 440 g/mol. The third kappa shape index (κ3) is 5.68. The third-order valence-corrected chi connectivity index (χ3v) is 4.24. The van der Waals surface area contributed by atoms with Crippen molar-refractivity contribution in [2.45, 2.75) is 19.4 Å². The standard InChI is InChI=1S/C17H24FN3O3.HI/c1-19-17(21-8-12-3-5-22-9-12)20-4-2-13-6-15(18)7-14-10-23-11-24-16(13)14;/h6-7,12H,2-5,8-11H2,1H3,(H2,19,20,21);1H. The Morgan fingerprint density at radius 1 is 1.32 bits per heavy atom. The maximum Gasteiger partial charge on any atom is 0.190 e. The highest BCUT2D eigenvalue weighted by Crippen LogP contribution is 2.29. The summed E-state index contributed by atoms with van der Waals surface area (Å²) in [7, 11) is 1.74. The van der Waals surface area contributed by atoms with Crippen molar-refractivity contribution < 1.29 is 18.6 Å². The van der Waals surface area contributed by atoms with Crippen LogP contribution in [-0.2, 0) is 22.5 Å². The normalized spacial score (nSPS) is 19.6. The number of rotatable bonds is 5. The highest BCUT2D eigenvalue weighted by Gasteiger charge is 2.17. The van der Waals surface area contributed by atoms with Crippen LogP contribution in [0.3, 0.4) is 0 Å². The zero-order valence-corrected chi connectivity index (χ0v) is 16.7. The van der Waals surface area contributed by atoms with Crippen molar-refractivity contribution in [2.75, 3.05) is 40.1 Å². The number of hydrogen-bond donors (Lipinski definition) is 2. The summed E-state index contributed by atoms with van der Waals surface area (Å²) in [6.07, 6.45) is 1.73. The Hall–Kier alpha value is -1.13. The van der Waals surface area contributed by atoms with Crippen LogP contribution < -0.4 is 15.4 Å². The second-order valence-corrected chi connectivity index (χ2v) is 6.02. The predicted molar refractivity (Wildman–Crippen MR) is 104 cm³/mol. The molecule has 6 nitrogen and oxygen atoms in total. The summed E-state index contributed by atoms with van der Waals surface area (Å²) in [5.41, 5.74) is 1.61. The van der Waals surface area contributed by atoms with E-state index in [1.807, 2.05) is 0 Å². The van der Waals surface area contributed by atoms with E-state index in [2.05, 4.69) is 15.6 Å². The Balaban J connectivity index is 0.00000225. The van der Waals surface area contributed by atoms with E-state index in [4.69, 9.17) is 14.2 Å². The summed E-state index contributed by atoms with van der Waals surface area (Å²) in [6.45, 7) is 3.73. The fraction of sp³-hybridized carbons (Fsp3) is 0.588. The maximum atomic E-state index is 13.7. The van der Waals surface area contributed by atoms with Crippen LogP contribution in [0, 0.1) is 11.7 Å². The zero-order chi connectivity index (χ0) is 16.8. The first-order valence-corrected chi connectivity index (χ1v) is 8.30. The van der Waals surface area contributed by atoms with Gasteiger partial charge in [0.05, 0.1) is 13.2 Å². The largest absolute Gasteiger partial charge is 0.467 e. The molecule has 0 radical (unpaired) electrons. The minimum Gasteiger partial charge on any atom is -0.467 e. The van der Waals surface area contributed by atoms with Gasteiger partial charge in [0.25, 0.3) is 0 Å². The number of fused-ring (bicyclic) bond motifs is 1. The Labute approximate surface area is 164 Å². The van der Waals surface area contributed by atoms with Crippen LogP contribution in [0.5, 0.6) is 5.75 Å². The molecule has 2 aliphatic heterocycles. The first-order valence-electron chi connectivity index (χ1n) is 8.30. The third-order valence-electron chi connectivity index (χ3n) is 4.24. The van der Waals surface area contributed by atoms with E-state index in [1.165, 1.54) is 12.1 Å². The molecule has 8 heteroatoms. The molecule has 1 fully saturated rings. The van der Waals surface area contributed by atoms with Gasteiger partial charge in [0, 0.05) is 38.2 Å².